The number of aromatic nitrogens is 3. The van der Waals surface area contributed by atoms with Gasteiger partial charge < -0.3 is 5.11 Å². The van der Waals surface area contributed by atoms with Crippen molar-refractivity contribution in [2.75, 3.05) is 13.1 Å². The van der Waals surface area contributed by atoms with Crippen LogP contribution in [0, 0.1) is 5.92 Å². The van der Waals surface area contributed by atoms with Crippen molar-refractivity contribution in [2.24, 2.45) is 5.92 Å². The van der Waals surface area contributed by atoms with Gasteiger partial charge >= 0.3 is 0 Å². The number of piperidine rings is 1. The van der Waals surface area contributed by atoms with Crippen molar-refractivity contribution in [3.63, 3.8) is 0 Å². The maximum atomic E-state index is 9.52. The van der Waals surface area contributed by atoms with Crippen LogP contribution in [0.3, 0.4) is 0 Å². The van der Waals surface area contributed by atoms with Crippen molar-refractivity contribution < 1.29 is 5.11 Å². The number of aryl methyl sites for hydroxylation is 1. The normalized spacial score (nSPS) is 18.4. The minimum atomic E-state index is -0.538. The fourth-order valence-corrected chi connectivity index (χ4v) is 4.10. The Balaban J connectivity index is 1.46. The van der Waals surface area contributed by atoms with Gasteiger partial charge in [-0.25, -0.2) is 0 Å². The maximum Gasteiger partial charge on any atom is 0.111 e. The van der Waals surface area contributed by atoms with E-state index in [0.717, 1.165) is 32.6 Å². The molecule has 2 aromatic heterocycles. The lowest BCUT2D eigenvalue weighted by molar-refractivity contribution is 0.165. The van der Waals surface area contributed by atoms with E-state index in [9.17, 15) is 5.11 Å². The van der Waals surface area contributed by atoms with Crippen LogP contribution < -0.4 is 0 Å². The molecule has 0 saturated carbocycles. The molecule has 1 fully saturated rings. The Labute approximate surface area is 141 Å². The Bertz CT molecular complexity index is 614. The molecule has 1 saturated heterocycles. The summed E-state index contributed by atoms with van der Waals surface area (Å²) >= 11 is 1.95. The summed E-state index contributed by atoms with van der Waals surface area (Å²) in [5, 5.41) is 17.7. The van der Waals surface area contributed by atoms with Crippen LogP contribution in [0.1, 0.15) is 48.2 Å². The highest BCUT2D eigenvalue weighted by Crippen LogP contribution is 2.24. The summed E-state index contributed by atoms with van der Waals surface area (Å²) in [5.41, 5.74) is 0.659. The van der Waals surface area contributed by atoms with E-state index in [2.05, 4.69) is 34.3 Å². The highest BCUT2D eigenvalue weighted by molar-refractivity contribution is 7.11. The van der Waals surface area contributed by atoms with Crippen molar-refractivity contribution in [1.29, 1.82) is 0 Å². The zero-order valence-electron chi connectivity index (χ0n) is 14.0. The predicted octanol–water partition coefficient (Wildman–Crippen LogP) is 2.87. The molecule has 0 aromatic carbocycles. The standard InChI is InChI=1S/C17H26N4OS/c1-3-15-4-5-16(23-15)11-20-8-6-14(7-9-20)10-21-12-17(13(2)22)18-19-21/h4-5,12-14,22H,3,6-11H2,1-2H3/t13-/m1/s1. The highest BCUT2D eigenvalue weighted by atomic mass is 32.1. The predicted molar refractivity (Wildman–Crippen MR) is 92.4 cm³/mol. The Hall–Kier alpha value is -1.24. The zero-order chi connectivity index (χ0) is 16.2. The molecule has 5 nitrogen and oxygen atoms in total. The van der Waals surface area contributed by atoms with Crippen LogP contribution in [0.5, 0.6) is 0 Å². The average molecular weight is 334 g/mol. The summed E-state index contributed by atoms with van der Waals surface area (Å²) in [4.78, 5) is 5.53. The fraction of sp³-hybridized carbons (Fsp3) is 0.647. The van der Waals surface area contributed by atoms with Gasteiger partial charge in [-0.2, -0.15) is 0 Å². The molecular formula is C17H26N4OS. The molecule has 0 aliphatic carbocycles. The number of aliphatic hydroxyl groups is 1. The molecule has 3 rings (SSSR count). The number of rotatable bonds is 6. The van der Waals surface area contributed by atoms with Crippen molar-refractivity contribution in [3.05, 3.63) is 33.8 Å². The van der Waals surface area contributed by atoms with Crippen molar-refractivity contribution in [2.45, 2.75) is 52.3 Å². The Morgan fingerprint density at radius 2 is 2.04 bits per heavy atom. The van der Waals surface area contributed by atoms with Gasteiger partial charge in [0.2, 0.25) is 0 Å². The molecule has 1 aliphatic heterocycles. The van der Waals surface area contributed by atoms with Crippen molar-refractivity contribution in [1.82, 2.24) is 19.9 Å². The van der Waals surface area contributed by atoms with E-state index >= 15 is 0 Å². The van der Waals surface area contributed by atoms with E-state index in [1.807, 2.05) is 22.2 Å². The highest BCUT2D eigenvalue weighted by Gasteiger charge is 2.20. The van der Waals surface area contributed by atoms with Gasteiger partial charge in [-0.3, -0.25) is 9.58 Å². The largest absolute Gasteiger partial charge is 0.387 e. The van der Waals surface area contributed by atoms with Gasteiger partial charge in [-0.1, -0.05) is 12.1 Å². The van der Waals surface area contributed by atoms with Crippen LogP contribution >= 0.6 is 11.3 Å². The van der Waals surface area contributed by atoms with Crippen molar-refractivity contribution in [3.8, 4) is 0 Å². The number of likely N-dealkylation sites (tertiary alicyclic amines) is 1. The SMILES string of the molecule is CCc1ccc(CN2CCC(Cn3cc([C@@H](C)O)nn3)CC2)s1. The Kier molecular flexibility index (Phi) is 5.46. The van der Waals surface area contributed by atoms with Crippen molar-refractivity contribution >= 4 is 11.3 Å². The molecule has 1 aliphatic rings. The average Bonchev–Trinajstić information content (AvgIpc) is 3.18. The quantitative estimate of drug-likeness (QED) is 0.882. The topological polar surface area (TPSA) is 54.2 Å². The maximum absolute atomic E-state index is 9.52. The van der Waals surface area contributed by atoms with Crippen LogP contribution in [0.25, 0.3) is 0 Å². The molecule has 2 aromatic rings. The summed E-state index contributed by atoms with van der Waals surface area (Å²) in [6, 6.07) is 4.54. The second-order valence-corrected chi connectivity index (χ2v) is 7.74. The first-order valence-electron chi connectivity index (χ1n) is 8.52. The minimum Gasteiger partial charge on any atom is -0.387 e. The lowest BCUT2D eigenvalue weighted by atomic mass is 9.97. The summed E-state index contributed by atoms with van der Waals surface area (Å²) < 4.78 is 1.88. The van der Waals surface area contributed by atoms with E-state index in [-0.39, 0.29) is 0 Å². The van der Waals surface area contributed by atoms with Gasteiger partial charge in [-0.15, -0.1) is 16.4 Å². The van der Waals surface area contributed by atoms with Crippen LogP contribution in [0.4, 0.5) is 0 Å². The summed E-state index contributed by atoms with van der Waals surface area (Å²) in [7, 11) is 0. The first-order valence-corrected chi connectivity index (χ1v) is 9.33. The molecule has 0 unspecified atom stereocenters. The number of hydrogen-bond acceptors (Lipinski definition) is 5. The fourth-order valence-electron chi connectivity index (χ4n) is 3.10. The first-order chi connectivity index (χ1) is 11.1. The molecule has 0 spiro atoms. The van der Waals surface area contributed by atoms with E-state index in [0.29, 0.717) is 11.6 Å². The molecule has 126 valence electrons. The molecule has 1 atom stereocenters. The van der Waals surface area contributed by atoms with Gasteiger partial charge in [0.1, 0.15) is 5.69 Å². The third kappa shape index (κ3) is 4.40. The monoisotopic (exact) mass is 334 g/mol. The Morgan fingerprint density at radius 1 is 1.30 bits per heavy atom. The second-order valence-electron chi connectivity index (χ2n) is 6.48. The molecule has 0 amide bonds. The van der Waals surface area contributed by atoms with Gasteiger partial charge in [-0.05, 0) is 57.3 Å². The molecule has 1 N–H and O–H groups in total. The lowest BCUT2D eigenvalue weighted by Gasteiger charge is -2.31. The Morgan fingerprint density at radius 3 is 2.65 bits per heavy atom. The zero-order valence-corrected chi connectivity index (χ0v) is 14.8. The summed E-state index contributed by atoms with van der Waals surface area (Å²) in [6.45, 7) is 8.25. The number of hydrogen-bond donors (Lipinski definition) is 1. The molecule has 3 heterocycles. The number of nitrogens with zero attached hydrogens (tertiary/aromatic N) is 4. The summed E-state index contributed by atoms with van der Waals surface area (Å²) in [5.74, 6) is 0.657. The lowest BCUT2D eigenvalue weighted by Crippen LogP contribution is -2.34. The number of aliphatic hydroxyl groups excluding tert-OH is 1. The molecule has 23 heavy (non-hydrogen) atoms. The third-order valence-corrected chi connectivity index (χ3v) is 5.80. The van der Waals surface area contributed by atoms with E-state index in [4.69, 9.17) is 0 Å². The van der Waals surface area contributed by atoms with Gasteiger partial charge in [0, 0.05) is 22.8 Å². The van der Waals surface area contributed by atoms with Gasteiger partial charge in [0.05, 0.1) is 12.3 Å². The summed E-state index contributed by atoms with van der Waals surface area (Å²) in [6.07, 6.45) is 4.88. The van der Waals surface area contributed by atoms with Gasteiger partial charge in [0.15, 0.2) is 0 Å². The number of thiophene rings is 1. The van der Waals surface area contributed by atoms with Gasteiger partial charge in [0.25, 0.3) is 0 Å². The second kappa shape index (κ2) is 7.55. The third-order valence-electron chi connectivity index (χ3n) is 4.58. The van der Waals surface area contributed by atoms with Crippen LogP contribution in [0.15, 0.2) is 18.3 Å². The van der Waals surface area contributed by atoms with Crippen LogP contribution in [-0.2, 0) is 19.5 Å². The smallest absolute Gasteiger partial charge is 0.111 e. The van der Waals surface area contributed by atoms with Crippen LogP contribution in [-0.4, -0.2) is 38.1 Å². The van der Waals surface area contributed by atoms with E-state index < -0.39 is 6.10 Å². The molecule has 6 heteroatoms. The molecule has 0 radical (unpaired) electrons. The molecule has 0 bridgehead atoms. The van der Waals surface area contributed by atoms with E-state index in [1.54, 1.807) is 6.92 Å². The first kappa shape index (κ1) is 16.6. The minimum absolute atomic E-state index is 0.538. The van der Waals surface area contributed by atoms with E-state index in [1.165, 1.54) is 22.6 Å². The van der Waals surface area contributed by atoms with Crippen LogP contribution in [0.2, 0.25) is 0 Å². The molecular weight excluding hydrogens is 308 g/mol.